The molecule has 7 heteroatoms. The van der Waals surface area contributed by atoms with Crippen molar-refractivity contribution < 1.29 is 9.53 Å². The summed E-state index contributed by atoms with van der Waals surface area (Å²) in [6, 6.07) is 13.4. The quantitative estimate of drug-likeness (QED) is 0.713. The molecule has 0 aliphatic carbocycles. The summed E-state index contributed by atoms with van der Waals surface area (Å²) >= 11 is 0. The molecule has 1 atom stereocenters. The van der Waals surface area contributed by atoms with E-state index in [1.54, 1.807) is 7.11 Å². The third-order valence-corrected chi connectivity index (χ3v) is 5.18. The predicted molar refractivity (Wildman–Crippen MR) is 107 cm³/mol. The summed E-state index contributed by atoms with van der Waals surface area (Å²) in [5.74, 6) is 2.20. The van der Waals surface area contributed by atoms with Gasteiger partial charge in [0.1, 0.15) is 11.6 Å². The van der Waals surface area contributed by atoms with Crippen LogP contribution in [-0.2, 0) is 11.2 Å². The number of ether oxygens (including phenoxy) is 1. The number of benzene rings is 1. The Morgan fingerprint density at radius 2 is 2.18 bits per heavy atom. The molecule has 1 aromatic carbocycles. The maximum Gasteiger partial charge on any atom is 0.238 e. The monoisotopic (exact) mass is 379 g/mol. The molecular weight excluding hydrogens is 354 g/mol. The second-order valence-electron chi connectivity index (χ2n) is 7.27. The average Bonchev–Trinajstić information content (AvgIpc) is 3.11. The molecule has 0 saturated carbocycles. The van der Waals surface area contributed by atoms with E-state index in [-0.39, 0.29) is 5.91 Å². The smallest absolute Gasteiger partial charge is 0.238 e. The zero-order chi connectivity index (χ0) is 19.3. The van der Waals surface area contributed by atoms with Crippen LogP contribution in [0.3, 0.4) is 0 Å². The first-order valence-corrected chi connectivity index (χ1v) is 9.66. The fourth-order valence-corrected chi connectivity index (χ4v) is 3.85. The molecule has 0 spiro atoms. The van der Waals surface area contributed by atoms with E-state index in [2.05, 4.69) is 24.8 Å². The van der Waals surface area contributed by atoms with Crippen molar-refractivity contribution >= 4 is 17.2 Å². The molecule has 2 aromatic heterocycles. The van der Waals surface area contributed by atoms with Gasteiger partial charge in [0.2, 0.25) is 5.91 Å². The lowest BCUT2D eigenvalue weighted by atomic mass is 9.94. The molecule has 4 rings (SSSR count). The van der Waals surface area contributed by atoms with Gasteiger partial charge in [-0.25, -0.2) is 0 Å². The first-order chi connectivity index (χ1) is 13.7. The van der Waals surface area contributed by atoms with E-state index in [1.165, 1.54) is 0 Å². The second kappa shape index (κ2) is 8.39. The van der Waals surface area contributed by atoms with Gasteiger partial charge < -0.3 is 10.1 Å². The summed E-state index contributed by atoms with van der Waals surface area (Å²) in [4.78, 5) is 14.7. The topological polar surface area (TPSA) is 71.8 Å². The van der Waals surface area contributed by atoms with Crippen molar-refractivity contribution in [2.24, 2.45) is 5.92 Å². The summed E-state index contributed by atoms with van der Waals surface area (Å²) in [6.45, 7) is 2.24. The van der Waals surface area contributed by atoms with E-state index in [0.29, 0.717) is 12.5 Å². The van der Waals surface area contributed by atoms with E-state index >= 15 is 0 Å². The SMILES string of the molecule is COc1cccc(NC(=O)CN2CCCC(Cc3nnc4ccccn34)C2)c1. The lowest BCUT2D eigenvalue weighted by Crippen LogP contribution is -2.41. The fraction of sp³-hybridized carbons (Fsp3) is 0.381. The zero-order valence-corrected chi connectivity index (χ0v) is 16.0. The number of pyridine rings is 1. The summed E-state index contributed by atoms with van der Waals surface area (Å²) in [5.41, 5.74) is 1.63. The zero-order valence-electron chi connectivity index (χ0n) is 16.0. The van der Waals surface area contributed by atoms with E-state index in [4.69, 9.17) is 4.74 Å². The molecule has 0 bridgehead atoms. The Bertz CT molecular complexity index is 955. The van der Waals surface area contributed by atoms with Crippen molar-refractivity contribution in [2.45, 2.75) is 19.3 Å². The van der Waals surface area contributed by atoms with Gasteiger partial charge in [0.05, 0.1) is 13.7 Å². The molecule has 3 aromatic rings. The number of fused-ring (bicyclic) bond motifs is 1. The number of carbonyl (C=O) groups is 1. The minimum atomic E-state index is 0.00170. The van der Waals surface area contributed by atoms with Crippen molar-refractivity contribution in [3.8, 4) is 5.75 Å². The third-order valence-electron chi connectivity index (χ3n) is 5.18. The van der Waals surface area contributed by atoms with Crippen LogP contribution in [0.2, 0.25) is 0 Å². The molecule has 7 nitrogen and oxygen atoms in total. The average molecular weight is 379 g/mol. The van der Waals surface area contributed by atoms with Gasteiger partial charge in [-0.15, -0.1) is 10.2 Å². The number of aromatic nitrogens is 3. The third kappa shape index (κ3) is 4.31. The maximum atomic E-state index is 12.5. The van der Waals surface area contributed by atoms with Crippen LogP contribution in [0.25, 0.3) is 5.65 Å². The van der Waals surface area contributed by atoms with Gasteiger partial charge >= 0.3 is 0 Å². The number of nitrogens with zero attached hydrogens (tertiary/aromatic N) is 4. The van der Waals surface area contributed by atoms with Crippen LogP contribution in [0.4, 0.5) is 5.69 Å². The lowest BCUT2D eigenvalue weighted by Gasteiger charge is -2.31. The Hall–Kier alpha value is -2.93. The van der Waals surface area contributed by atoms with Crippen molar-refractivity contribution in [1.29, 1.82) is 0 Å². The lowest BCUT2D eigenvalue weighted by molar-refractivity contribution is -0.117. The van der Waals surface area contributed by atoms with Gasteiger partial charge in [-0.2, -0.15) is 0 Å². The van der Waals surface area contributed by atoms with Crippen LogP contribution >= 0.6 is 0 Å². The first-order valence-electron chi connectivity index (χ1n) is 9.66. The van der Waals surface area contributed by atoms with Crippen molar-refractivity contribution in [2.75, 3.05) is 32.1 Å². The second-order valence-corrected chi connectivity index (χ2v) is 7.27. The number of likely N-dealkylation sites (tertiary alicyclic amines) is 1. The number of amides is 1. The van der Waals surface area contributed by atoms with Crippen LogP contribution in [0.1, 0.15) is 18.7 Å². The summed E-state index contributed by atoms with van der Waals surface area (Å²) in [5, 5.41) is 11.5. The fourth-order valence-electron chi connectivity index (χ4n) is 3.85. The number of carbonyl (C=O) groups excluding carboxylic acids is 1. The predicted octanol–water partition coefficient (Wildman–Crippen LogP) is 2.63. The Morgan fingerprint density at radius 3 is 3.07 bits per heavy atom. The molecule has 1 amide bonds. The minimum Gasteiger partial charge on any atom is -0.497 e. The number of anilines is 1. The number of piperidine rings is 1. The number of methoxy groups -OCH3 is 1. The van der Waals surface area contributed by atoms with E-state index in [0.717, 1.165) is 55.3 Å². The van der Waals surface area contributed by atoms with E-state index < -0.39 is 0 Å². The molecule has 0 radical (unpaired) electrons. The number of nitrogens with one attached hydrogen (secondary N) is 1. The van der Waals surface area contributed by atoms with Crippen LogP contribution < -0.4 is 10.1 Å². The molecular formula is C21H25N5O2. The van der Waals surface area contributed by atoms with Gasteiger partial charge in [0.15, 0.2) is 5.65 Å². The molecule has 1 saturated heterocycles. The molecule has 1 unspecified atom stereocenters. The Labute approximate surface area is 164 Å². The normalized spacial score (nSPS) is 17.5. The molecule has 3 heterocycles. The number of hydrogen-bond acceptors (Lipinski definition) is 5. The molecule has 1 aliphatic rings. The Kier molecular flexibility index (Phi) is 5.53. The summed E-state index contributed by atoms with van der Waals surface area (Å²) in [7, 11) is 1.62. The van der Waals surface area contributed by atoms with Crippen LogP contribution in [0, 0.1) is 5.92 Å². The Balaban J connectivity index is 1.34. The van der Waals surface area contributed by atoms with Gasteiger partial charge in [-0.05, 0) is 49.6 Å². The van der Waals surface area contributed by atoms with Gasteiger partial charge in [0, 0.05) is 30.9 Å². The standard InChI is InChI=1S/C21H25N5O2/c1-28-18-8-4-7-17(13-18)22-21(27)15-25-10-5-6-16(14-25)12-20-24-23-19-9-2-3-11-26(19)20/h2-4,7-9,11,13,16H,5-6,10,12,14-15H2,1H3,(H,22,27). The highest BCUT2D eigenvalue weighted by Gasteiger charge is 2.23. The molecule has 28 heavy (non-hydrogen) atoms. The highest BCUT2D eigenvalue weighted by atomic mass is 16.5. The highest BCUT2D eigenvalue weighted by Crippen LogP contribution is 2.21. The van der Waals surface area contributed by atoms with E-state index in [9.17, 15) is 4.79 Å². The van der Waals surface area contributed by atoms with Gasteiger partial charge in [-0.3, -0.25) is 14.1 Å². The molecule has 1 aliphatic heterocycles. The first kappa shape index (κ1) is 18.4. The maximum absolute atomic E-state index is 12.5. The van der Waals surface area contributed by atoms with Crippen LogP contribution in [0.15, 0.2) is 48.7 Å². The molecule has 146 valence electrons. The van der Waals surface area contributed by atoms with Crippen LogP contribution in [0.5, 0.6) is 5.75 Å². The van der Waals surface area contributed by atoms with E-state index in [1.807, 2.05) is 48.7 Å². The molecule has 1 N–H and O–H groups in total. The van der Waals surface area contributed by atoms with Gasteiger partial charge in [-0.1, -0.05) is 12.1 Å². The summed E-state index contributed by atoms with van der Waals surface area (Å²) < 4.78 is 7.26. The Morgan fingerprint density at radius 1 is 1.25 bits per heavy atom. The van der Waals surface area contributed by atoms with Crippen molar-refractivity contribution in [1.82, 2.24) is 19.5 Å². The highest BCUT2D eigenvalue weighted by molar-refractivity contribution is 5.92. The number of hydrogen-bond donors (Lipinski definition) is 1. The minimum absolute atomic E-state index is 0.00170. The largest absolute Gasteiger partial charge is 0.497 e. The van der Waals surface area contributed by atoms with Crippen molar-refractivity contribution in [3.05, 3.63) is 54.5 Å². The summed E-state index contributed by atoms with van der Waals surface area (Å²) in [6.07, 6.45) is 5.12. The molecule has 1 fully saturated rings. The van der Waals surface area contributed by atoms with Gasteiger partial charge in [0.25, 0.3) is 0 Å². The van der Waals surface area contributed by atoms with Crippen LogP contribution in [-0.4, -0.2) is 52.1 Å². The van der Waals surface area contributed by atoms with Crippen molar-refractivity contribution in [3.63, 3.8) is 0 Å². The number of rotatable bonds is 6.